The van der Waals surface area contributed by atoms with Gasteiger partial charge in [0.25, 0.3) is 0 Å². The van der Waals surface area contributed by atoms with Crippen molar-refractivity contribution >= 4 is 17.7 Å². The summed E-state index contributed by atoms with van der Waals surface area (Å²) in [5.74, 6) is 6.69. The van der Waals surface area contributed by atoms with Crippen molar-refractivity contribution < 1.29 is 18.3 Å². The van der Waals surface area contributed by atoms with E-state index in [4.69, 9.17) is 5.84 Å². The predicted molar refractivity (Wildman–Crippen MR) is 115 cm³/mol. The lowest BCUT2D eigenvalue weighted by atomic mass is 9.96. The lowest BCUT2D eigenvalue weighted by Gasteiger charge is -2.16. The van der Waals surface area contributed by atoms with Crippen LogP contribution in [0.15, 0.2) is 59.8 Å². The van der Waals surface area contributed by atoms with Gasteiger partial charge in [-0.3, -0.25) is 4.79 Å². The van der Waals surface area contributed by atoms with Gasteiger partial charge in [0.05, 0.1) is 5.75 Å². The number of thioether (sulfide) groups is 1. The Bertz CT molecular complexity index is 983. The van der Waals surface area contributed by atoms with Crippen LogP contribution in [-0.4, -0.2) is 39.7 Å². The van der Waals surface area contributed by atoms with Gasteiger partial charge in [-0.2, -0.15) is 8.78 Å². The average molecular weight is 448 g/mol. The third-order valence-corrected chi connectivity index (χ3v) is 5.59. The number of halogens is 2. The standard InChI is InChI=1S/C21H23F2N5O2S/c1-2-14(15-6-4-3-5-7-15)12-25-18(29)13-31-21-27-26-19(28(21)24)16-8-10-17(11-9-16)30-20(22)23/h3-11,14,20H,2,12-13,24H2,1H3,(H,25,29). The fraction of sp³-hybridized carbons (Fsp3) is 0.286. The van der Waals surface area contributed by atoms with E-state index in [1.54, 1.807) is 12.1 Å². The van der Waals surface area contributed by atoms with E-state index in [9.17, 15) is 13.6 Å². The highest BCUT2D eigenvalue weighted by Crippen LogP contribution is 2.24. The summed E-state index contributed by atoms with van der Waals surface area (Å²) in [5, 5.41) is 11.4. The second kappa shape index (κ2) is 10.8. The van der Waals surface area contributed by atoms with Gasteiger partial charge in [0.15, 0.2) is 5.82 Å². The first-order chi connectivity index (χ1) is 15.0. The molecule has 3 rings (SSSR count). The normalized spacial score (nSPS) is 12.0. The Morgan fingerprint density at radius 1 is 1.16 bits per heavy atom. The highest BCUT2D eigenvalue weighted by atomic mass is 32.2. The number of rotatable bonds is 10. The van der Waals surface area contributed by atoms with Crippen molar-refractivity contribution in [3.63, 3.8) is 0 Å². The van der Waals surface area contributed by atoms with Crippen LogP contribution in [0.25, 0.3) is 11.4 Å². The minimum atomic E-state index is -2.89. The number of benzene rings is 2. The van der Waals surface area contributed by atoms with E-state index >= 15 is 0 Å². The predicted octanol–water partition coefficient (Wildman–Crippen LogP) is 3.66. The first kappa shape index (κ1) is 22.5. The number of carbonyl (C=O) groups is 1. The fourth-order valence-electron chi connectivity index (χ4n) is 3.00. The molecule has 0 spiro atoms. The van der Waals surface area contributed by atoms with Crippen LogP contribution >= 0.6 is 11.8 Å². The average Bonchev–Trinajstić information content (AvgIpc) is 3.14. The second-order valence-corrected chi connectivity index (χ2v) is 7.63. The lowest BCUT2D eigenvalue weighted by Crippen LogP contribution is -2.29. The Hall–Kier alpha value is -3.14. The molecule has 7 nitrogen and oxygen atoms in total. The Balaban J connectivity index is 1.54. The van der Waals surface area contributed by atoms with Gasteiger partial charge in [-0.1, -0.05) is 49.0 Å². The molecule has 0 aliphatic carbocycles. The number of nitrogens with two attached hydrogens (primary N) is 1. The number of nitrogens with zero attached hydrogens (tertiary/aromatic N) is 3. The van der Waals surface area contributed by atoms with Gasteiger partial charge in [-0.15, -0.1) is 10.2 Å². The first-order valence-electron chi connectivity index (χ1n) is 9.68. The van der Waals surface area contributed by atoms with Crippen molar-refractivity contribution in [2.45, 2.75) is 31.0 Å². The molecule has 31 heavy (non-hydrogen) atoms. The van der Waals surface area contributed by atoms with Crippen molar-refractivity contribution in [2.24, 2.45) is 0 Å². The smallest absolute Gasteiger partial charge is 0.387 e. The number of amides is 1. The van der Waals surface area contributed by atoms with E-state index in [0.717, 1.165) is 6.42 Å². The Kier molecular flexibility index (Phi) is 7.82. The van der Waals surface area contributed by atoms with Crippen LogP contribution in [0.1, 0.15) is 24.8 Å². The minimum absolute atomic E-state index is 0.0361. The molecule has 10 heteroatoms. The maximum atomic E-state index is 12.3. The number of alkyl halides is 2. The highest BCUT2D eigenvalue weighted by molar-refractivity contribution is 7.99. The summed E-state index contributed by atoms with van der Waals surface area (Å²) in [6.07, 6.45) is 0.916. The van der Waals surface area contributed by atoms with Gasteiger partial charge in [-0.25, -0.2) is 4.68 Å². The lowest BCUT2D eigenvalue weighted by molar-refractivity contribution is -0.118. The van der Waals surface area contributed by atoms with E-state index in [0.29, 0.717) is 23.1 Å². The van der Waals surface area contributed by atoms with E-state index < -0.39 is 6.61 Å². The van der Waals surface area contributed by atoms with Crippen LogP contribution in [0.5, 0.6) is 5.75 Å². The van der Waals surface area contributed by atoms with Gasteiger partial charge in [0.1, 0.15) is 5.75 Å². The number of hydrogen-bond donors (Lipinski definition) is 2. The third kappa shape index (κ3) is 6.17. The molecule has 1 amide bonds. The molecule has 0 fully saturated rings. The first-order valence-corrected chi connectivity index (χ1v) is 10.7. The Morgan fingerprint density at radius 3 is 2.52 bits per heavy atom. The summed E-state index contributed by atoms with van der Waals surface area (Å²) >= 11 is 1.17. The molecule has 3 N–H and O–H groups in total. The maximum Gasteiger partial charge on any atom is 0.387 e. The third-order valence-electron chi connectivity index (χ3n) is 4.64. The summed E-state index contributed by atoms with van der Waals surface area (Å²) < 4.78 is 30.1. The molecule has 0 radical (unpaired) electrons. The van der Waals surface area contributed by atoms with Crippen molar-refractivity contribution in [2.75, 3.05) is 18.1 Å². The van der Waals surface area contributed by atoms with Crippen LogP contribution in [0, 0.1) is 0 Å². The van der Waals surface area contributed by atoms with Crippen LogP contribution < -0.4 is 15.9 Å². The molecule has 2 aromatic carbocycles. The number of ether oxygens (including phenoxy) is 1. The van der Waals surface area contributed by atoms with Crippen molar-refractivity contribution in [1.29, 1.82) is 0 Å². The number of aromatic nitrogens is 3. The van der Waals surface area contributed by atoms with Gasteiger partial charge >= 0.3 is 6.61 Å². The molecule has 0 bridgehead atoms. The maximum absolute atomic E-state index is 12.3. The molecule has 0 aliphatic rings. The zero-order valence-corrected chi connectivity index (χ0v) is 17.7. The van der Waals surface area contributed by atoms with Crippen LogP contribution in [0.3, 0.4) is 0 Å². The summed E-state index contributed by atoms with van der Waals surface area (Å²) in [7, 11) is 0. The van der Waals surface area contributed by atoms with E-state index in [2.05, 4.69) is 39.3 Å². The molecule has 1 aromatic heterocycles. The summed E-state index contributed by atoms with van der Waals surface area (Å²) in [5.41, 5.74) is 1.77. The SMILES string of the molecule is CCC(CNC(=O)CSc1nnc(-c2ccc(OC(F)F)cc2)n1N)c1ccccc1. The Labute approximate surface area is 183 Å². The van der Waals surface area contributed by atoms with Gasteiger partial charge in [0, 0.05) is 18.0 Å². The quantitative estimate of drug-likeness (QED) is 0.364. The number of nitrogens with one attached hydrogen (secondary N) is 1. The van der Waals surface area contributed by atoms with Crippen molar-refractivity contribution in [3.8, 4) is 17.1 Å². The molecule has 0 aliphatic heterocycles. The number of hydrogen-bond acceptors (Lipinski definition) is 6. The summed E-state index contributed by atoms with van der Waals surface area (Å²) in [4.78, 5) is 12.3. The topological polar surface area (TPSA) is 95.1 Å². The molecule has 1 heterocycles. The zero-order valence-electron chi connectivity index (χ0n) is 16.9. The van der Waals surface area contributed by atoms with Gasteiger partial charge in [-0.05, 0) is 36.2 Å². The molecule has 1 unspecified atom stereocenters. The molecular formula is C21H23F2N5O2S. The minimum Gasteiger partial charge on any atom is -0.435 e. The second-order valence-electron chi connectivity index (χ2n) is 6.69. The van der Waals surface area contributed by atoms with Gasteiger partial charge < -0.3 is 15.9 Å². The van der Waals surface area contributed by atoms with Crippen molar-refractivity contribution in [1.82, 2.24) is 20.2 Å². The van der Waals surface area contributed by atoms with Crippen LogP contribution in [-0.2, 0) is 4.79 Å². The molecule has 1 atom stereocenters. The fourth-order valence-corrected chi connectivity index (χ4v) is 3.69. The molecular weight excluding hydrogens is 424 g/mol. The molecule has 0 saturated heterocycles. The highest BCUT2D eigenvalue weighted by Gasteiger charge is 2.15. The largest absolute Gasteiger partial charge is 0.435 e. The van der Waals surface area contributed by atoms with Gasteiger partial charge in [0.2, 0.25) is 11.1 Å². The monoisotopic (exact) mass is 447 g/mol. The van der Waals surface area contributed by atoms with E-state index in [1.165, 1.54) is 34.1 Å². The summed E-state index contributed by atoms with van der Waals surface area (Å²) in [6.45, 7) is -0.255. The van der Waals surface area contributed by atoms with E-state index in [1.807, 2.05) is 18.2 Å². The summed E-state index contributed by atoms with van der Waals surface area (Å²) in [6, 6.07) is 16.0. The van der Waals surface area contributed by atoms with Crippen molar-refractivity contribution in [3.05, 3.63) is 60.2 Å². The van der Waals surface area contributed by atoms with Crippen LogP contribution in [0.2, 0.25) is 0 Å². The molecule has 3 aromatic rings. The van der Waals surface area contributed by atoms with E-state index in [-0.39, 0.29) is 23.3 Å². The Morgan fingerprint density at radius 2 is 1.87 bits per heavy atom. The molecule has 0 saturated carbocycles. The number of nitrogen functional groups attached to an aromatic ring is 1. The number of carbonyl (C=O) groups excluding carboxylic acids is 1. The van der Waals surface area contributed by atoms with Crippen LogP contribution in [0.4, 0.5) is 8.78 Å². The molecule has 164 valence electrons. The zero-order chi connectivity index (χ0) is 22.2.